The summed E-state index contributed by atoms with van der Waals surface area (Å²) >= 11 is 0. The van der Waals surface area contributed by atoms with Crippen LogP contribution in [0, 0.1) is 5.82 Å². The van der Waals surface area contributed by atoms with Gasteiger partial charge in [-0.15, -0.1) is 10.2 Å². The van der Waals surface area contributed by atoms with Crippen LogP contribution < -0.4 is 10.1 Å². The molecule has 1 aliphatic rings. The Kier molecular flexibility index (Phi) is 9.24. The van der Waals surface area contributed by atoms with E-state index in [0.717, 1.165) is 63.0 Å². The van der Waals surface area contributed by atoms with Gasteiger partial charge in [-0.2, -0.15) is 0 Å². The highest BCUT2D eigenvalue weighted by Gasteiger charge is 2.20. The van der Waals surface area contributed by atoms with Gasteiger partial charge in [0.15, 0.2) is 17.5 Å². The van der Waals surface area contributed by atoms with Crippen LogP contribution in [-0.2, 0) is 24.2 Å². The van der Waals surface area contributed by atoms with Crippen molar-refractivity contribution in [1.82, 2.24) is 29.9 Å². The fourth-order valence-corrected chi connectivity index (χ4v) is 3.72. The van der Waals surface area contributed by atoms with E-state index in [9.17, 15) is 4.39 Å². The van der Waals surface area contributed by atoms with E-state index in [1.807, 2.05) is 6.07 Å². The zero-order valence-corrected chi connectivity index (χ0v) is 19.3. The van der Waals surface area contributed by atoms with Crippen molar-refractivity contribution in [2.75, 3.05) is 60.1 Å². The molecule has 0 spiro atoms. The summed E-state index contributed by atoms with van der Waals surface area (Å²) in [4.78, 5) is 9.32. The van der Waals surface area contributed by atoms with Crippen molar-refractivity contribution in [2.24, 2.45) is 4.99 Å². The second-order valence-electron chi connectivity index (χ2n) is 7.65. The van der Waals surface area contributed by atoms with Crippen molar-refractivity contribution in [3.8, 4) is 5.75 Å². The summed E-state index contributed by atoms with van der Waals surface area (Å²) in [5.74, 6) is 1.83. The molecule has 1 fully saturated rings. The molecule has 0 saturated carbocycles. The highest BCUT2D eigenvalue weighted by Crippen LogP contribution is 2.19. The molecule has 0 radical (unpaired) electrons. The molecule has 1 saturated heterocycles. The van der Waals surface area contributed by atoms with E-state index in [1.165, 1.54) is 7.11 Å². The van der Waals surface area contributed by atoms with Crippen LogP contribution in [0.5, 0.6) is 5.75 Å². The molecule has 9 nitrogen and oxygen atoms in total. The highest BCUT2D eigenvalue weighted by atomic mass is 19.1. The number of methoxy groups -OCH3 is 2. The number of rotatable bonds is 10. The van der Waals surface area contributed by atoms with Crippen molar-refractivity contribution in [3.63, 3.8) is 0 Å². The van der Waals surface area contributed by atoms with E-state index in [4.69, 9.17) is 14.5 Å². The number of guanidine groups is 1. The maximum absolute atomic E-state index is 14.0. The van der Waals surface area contributed by atoms with Gasteiger partial charge in [0, 0.05) is 59.3 Å². The third-order valence-electron chi connectivity index (χ3n) is 5.50. The number of aliphatic imine (C=N–C) groups is 1. The Hall–Kier alpha value is -2.72. The van der Waals surface area contributed by atoms with Gasteiger partial charge in [0.05, 0.1) is 20.3 Å². The molecule has 32 heavy (non-hydrogen) atoms. The van der Waals surface area contributed by atoms with E-state index >= 15 is 0 Å². The standard InChI is InChI=1S/C22H34FN7O2/c1-4-21-27-26-17-30(21)9-7-24-22(25-8-14-31-2)29-12-10-28(11-13-29)16-18-5-6-20(32-3)19(23)15-18/h5-6,15,17H,4,7-14,16H2,1-3H3,(H,24,25). The summed E-state index contributed by atoms with van der Waals surface area (Å²) in [5, 5.41) is 11.6. The first-order chi connectivity index (χ1) is 15.6. The van der Waals surface area contributed by atoms with Crippen LogP contribution in [0.3, 0.4) is 0 Å². The zero-order valence-electron chi connectivity index (χ0n) is 19.3. The topological polar surface area (TPSA) is 80.0 Å². The lowest BCUT2D eigenvalue weighted by atomic mass is 10.2. The molecule has 1 aromatic carbocycles. The number of piperazine rings is 1. The molecule has 10 heteroatoms. The Morgan fingerprint density at radius 1 is 1.22 bits per heavy atom. The third-order valence-corrected chi connectivity index (χ3v) is 5.50. The number of aryl methyl sites for hydroxylation is 1. The summed E-state index contributed by atoms with van der Waals surface area (Å²) in [6.45, 7) is 8.96. The predicted molar refractivity (Wildman–Crippen MR) is 121 cm³/mol. The van der Waals surface area contributed by atoms with E-state index in [1.54, 1.807) is 25.6 Å². The van der Waals surface area contributed by atoms with Crippen molar-refractivity contribution < 1.29 is 13.9 Å². The molecule has 0 atom stereocenters. The Morgan fingerprint density at radius 3 is 2.72 bits per heavy atom. The molecule has 1 aliphatic heterocycles. The fraction of sp³-hybridized carbons (Fsp3) is 0.591. The minimum Gasteiger partial charge on any atom is -0.494 e. The predicted octanol–water partition coefficient (Wildman–Crippen LogP) is 1.40. The minimum absolute atomic E-state index is 0.277. The first-order valence-corrected chi connectivity index (χ1v) is 11.1. The number of benzene rings is 1. The van der Waals surface area contributed by atoms with Crippen LogP contribution in [0.15, 0.2) is 29.5 Å². The number of hydrogen-bond donors (Lipinski definition) is 1. The number of hydrogen-bond acceptors (Lipinski definition) is 6. The number of nitrogens with one attached hydrogen (secondary N) is 1. The van der Waals surface area contributed by atoms with Gasteiger partial charge in [-0.1, -0.05) is 13.0 Å². The summed E-state index contributed by atoms with van der Waals surface area (Å²) < 4.78 is 26.2. The zero-order chi connectivity index (χ0) is 22.8. The van der Waals surface area contributed by atoms with E-state index in [2.05, 4.69) is 36.8 Å². The maximum atomic E-state index is 14.0. The Bertz CT molecular complexity index is 866. The average molecular weight is 448 g/mol. The number of aromatic nitrogens is 3. The monoisotopic (exact) mass is 447 g/mol. The summed E-state index contributed by atoms with van der Waals surface area (Å²) in [7, 11) is 3.16. The summed E-state index contributed by atoms with van der Waals surface area (Å²) in [6, 6.07) is 5.16. The number of halogens is 1. The van der Waals surface area contributed by atoms with Crippen LogP contribution in [0.25, 0.3) is 0 Å². The molecular weight excluding hydrogens is 413 g/mol. The highest BCUT2D eigenvalue weighted by molar-refractivity contribution is 5.80. The normalized spacial score (nSPS) is 15.2. The van der Waals surface area contributed by atoms with Crippen LogP contribution in [0.2, 0.25) is 0 Å². The summed E-state index contributed by atoms with van der Waals surface area (Å²) in [5.41, 5.74) is 0.949. The Morgan fingerprint density at radius 2 is 2.03 bits per heavy atom. The molecule has 2 heterocycles. The molecule has 1 aromatic heterocycles. The van der Waals surface area contributed by atoms with Gasteiger partial charge in [-0.25, -0.2) is 4.39 Å². The van der Waals surface area contributed by atoms with E-state index in [0.29, 0.717) is 19.7 Å². The van der Waals surface area contributed by atoms with Crippen molar-refractivity contribution in [1.29, 1.82) is 0 Å². The largest absolute Gasteiger partial charge is 0.494 e. The molecule has 176 valence electrons. The van der Waals surface area contributed by atoms with Crippen LogP contribution in [-0.4, -0.2) is 90.6 Å². The fourth-order valence-electron chi connectivity index (χ4n) is 3.72. The number of nitrogens with zero attached hydrogens (tertiary/aromatic N) is 6. The summed E-state index contributed by atoms with van der Waals surface area (Å²) in [6.07, 6.45) is 2.62. The first kappa shape index (κ1) is 23.9. The molecule has 3 rings (SSSR count). The molecule has 1 N–H and O–H groups in total. The van der Waals surface area contributed by atoms with Crippen molar-refractivity contribution >= 4 is 5.96 Å². The van der Waals surface area contributed by atoms with Crippen molar-refractivity contribution in [3.05, 3.63) is 41.7 Å². The van der Waals surface area contributed by atoms with Crippen LogP contribution >= 0.6 is 0 Å². The lowest BCUT2D eigenvalue weighted by Gasteiger charge is -2.36. The van der Waals surface area contributed by atoms with Gasteiger partial charge in [-0.05, 0) is 17.7 Å². The molecule has 0 unspecified atom stereocenters. The molecule has 0 bridgehead atoms. The molecule has 0 amide bonds. The molecule has 2 aromatic rings. The minimum atomic E-state index is -0.320. The average Bonchev–Trinajstić information content (AvgIpc) is 3.26. The van der Waals surface area contributed by atoms with Gasteiger partial charge in [-0.3, -0.25) is 9.89 Å². The smallest absolute Gasteiger partial charge is 0.194 e. The van der Waals surface area contributed by atoms with Gasteiger partial charge in [0.2, 0.25) is 0 Å². The van der Waals surface area contributed by atoms with Crippen LogP contribution in [0.1, 0.15) is 18.3 Å². The third kappa shape index (κ3) is 6.64. The molecule has 0 aliphatic carbocycles. The SMILES string of the molecule is CCc1nncn1CCNC(=NCCOC)N1CCN(Cc2ccc(OC)c(F)c2)CC1. The second kappa shape index (κ2) is 12.4. The van der Waals surface area contributed by atoms with Gasteiger partial charge < -0.3 is 24.3 Å². The second-order valence-corrected chi connectivity index (χ2v) is 7.65. The van der Waals surface area contributed by atoms with Gasteiger partial charge in [0.25, 0.3) is 0 Å². The van der Waals surface area contributed by atoms with E-state index < -0.39 is 0 Å². The van der Waals surface area contributed by atoms with Gasteiger partial charge in [0.1, 0.15) is 12.2 Å². The number of ether oxygens (including phenoxy) is 2. The lowest BCUT2D eigenvalue weighted by Crippen LogP contribution is -2.52. The Labute approximate surface area is 189 Å². The van der Waals surface area contributed by atoms with Crippen molar-refractivity contribution in [2.45, 2.75) is 26.4 Å². The lowest BCUT2D eigenvalue weighted by molar-refractivity contribution is 0.171. The first-order valence-electron chi connectivity index (χ1n) is 11.1. The van der Waals surface area contributed by atoms with E-state index in [-0.39, 0.29) is 11.6 Å². The quantitative estimate of drug-likeness (QED) is 0.335. The Balaban J connectivity index is 1.52. The maximum Gasteiger partial charge on any atom is 0.194 e. The van der Waals surface area contributed by atoms with Crippen LogP contribution in [0.4, 0.5) is 4.39 Å². The molecular formula is C22H34FN7O2. The van der Waals surface area contributed by atoms with Gasteiger partial charge >= 0.3 is 0 Å².